The Morgan fingerprint density at radius 1 is 1.07 bits per heavy atom. The van der Waals surface area contributed by atoms with Crippen LogP contribution in [0.25, 0.3) is 33.7 Å². The molecule has 4 rings (SSSR count). The van der Waals surface area contributed by atoms with E-state index in [1.165, 1.54) is 36.5 Å². The number of carbonyl (C=O) groups is 1. The Hall–Kier alpha value is -5.11. The van der Waals surface area contributed by atoms with E-state index in [0.29, 0.717) is 39.3 Å². The summed E-state index contributed by atoms with van der Waals surface area (Å²) >= 11 is 0. The number of alkyl halides is 3. The maximum atomic E-state index is 12.7. The monoisotopic (exact) mass is 628 g/mol. The molecule has 3 N–H and O–H groups in total. The number of ether oxygens (including phenoxy) is 2. The summed E-state index contributed by atoms with van der Waals surface area (Å²) in [6.45, 7) is 1.51. The molecule has 0 aliphatic rings. The molecule has 0 bridgehead atoms. The number of aryl methyl sites for hydroxylation is 1. The minimum absolute atomic E-state index is 0.111. The highest BCUT2D eigenvalue weighted by Crippen LogP contribution is 2.41. The molecule has 0 aliphatic heterocycles. The quantitative estimate of drug-likeness (QED) is 0.198. The second-order valence-corrected chi connectivity index (χ2v) is 11.4. The lowest BCUT2D eigenvalue weighted by Crippen LogP contribution is -2.19. The molecule has 0 saturated carbocycles. The van der Waals surface area contributed by atoms with Gasteiger partial charge in [0.25, 0.3) is 0 Å². The van der Waals surface area contributed by atoms with E-state index in [4.69, 9.17) is 14.9 Å². The number of nitrogens with two attached hydrogens (primary N) is 1. The summed E-state index contributed by atoms with van der Waals surface area (Å²) in [7, 11) is -1.85. The second kappa shape index (κ2) is 13.0. The molecular weight excluding hydrogens is 601 g/mol. The molecule has 0 fully saturated rings. The minimum atomic E-state index is -4.84. The fourth-order valence-electron chi connectivity index (χ4n) is 4.10. The zero-order valence-electron chi connectivity index (χ0n) is 23.7. The highest BCUT2D eigenvalue weighted by atomic mass is 32.2. The molecule has 4 aromatic rings. The first-order chi connectivity index (χ1) is 20.7. The molecule has 0 aliphatic carbocycles. The van der Waals surface area contributed by atoms with Crippen molar-refractivity contribution in [3.05, 3.63) is 84.4 Å². The molecule has 1 heterocycles. The zero-order valence-corrected chi connectivity index (χ0v) is 24.5. The average molecular weight is 629 g/mol. The van der Waals surface area contributed by atoms with Crippen LogP contribution in [-0.2, 0) is 14.6 Å². The number of hydrogen-bond donors (Lipinski definition) is 2. The van der Waals surface area contributed by atoms with Crippen LogP contribution >= 0.6 is 0 Å². The van der Waals surface area contributed by atoms with Crippen LogP contribution in [-0.4, -0.2) is 52.0 Å². The van der Waals surface area contributed by atoms with Gasteiger partial charge in [-0.3, -0.25) is 4.99 Å². The van der Waals surface area contributed by atoms with Gasteiger partial charge in [-0.2, -0.15) is 0 Å². The summed E-state index contributed by atoms with van der Waals surface area (Å²) in [4.78, 5) is 20.1. The molecule has 44 heavy (non-hydrogen) atoms. The number of rotatable bonds is 10. The molecule has 0 spiro atoms. The molecule has 10 nitrogen and oxygen atoms in total. The normalized spacial score (nSPS) is 12.4. The molecule has 14 heteroatoms. The van der Waals surface area contributed by atoms with Crippen LogP contribution in [0.5, 0.6) is 5.75 Å². The van der Waals surface area contributed by atoms with E-state index in [2.05, 4.69) is 20.0 Å². The van der Waals surface area contributed by atoms with Crippen molar-refractivity contribution in [2.45, 2.75) is 18.2 Å². The lowest BCUT2D eigenvalue weighted by molar-refractivity contribution is -0.274. The molecule has 1 amide bonds. The number of nitrogens with one attached hydrogen (secondary N) is 1. The minimum Gasteiger partial charge on any atom is -0.443 e. The van der Waals surface area contributed by atoms with Crippen molar-refractivity contribution in [3.8, 4) is 39.5 Å². The van der Waals surface area contributed by atoms with E-state index >= 15 is 0 Å². The van der Waals surface area contributed by atoms with Gasteiger partial charge in [-0.25, -0.2) is 18.2 Å². The summed E-state index contributed by atoms with van der Waals surface area (Å²) in [5.74, 6) is 0.162. The van der Waals surface area contributed by atoms with Crippen molar-refractivity contribution < 1.29 is 40.3 Å². The first-order valence-electron chi connectivity index (χ1n) is 12.9. The van der Waals surface area contributed by atoms with Gasteiger partial charge in [0.05, 0.1) is 16.3 Å². The van der Waals surface area contributed by atoms with E-state index < -0.39 is 28.0 Å². The van der Waals surface area contributed by atoms with Crippen LogP contribution < -0.4 is 15.8 Å². The largest absolute Gasteiger partial charge is 0.573 e. The maximum Gasteiger partial charge on any atom is 0.573 e. The topological polar surface area (TPSA) is 146 Å². The van der Waals surface area contributed by atoms with Crippen molar-refractivity contribution in [2.75, 3.05) is 19.9 Å². The third-order valence-corrected chi connectivity index (χ3v) is 7.22. The Kier molecular flexibility index (Phi) is 9.43. The number of aliphatic imine (C=N–C) groups is 1. The highest BCUT2D eigenvalue weighted by molar-refractivity contribution is 7.90. The fourth-order valence-corrected chi connectivity index (χ4v) is 4.76. The van der Waals surface area contributed by atoms with Crippen LogP contribution in [0.1, 0.15) is 5.89 Å². The smallest absolute Gasteiger partial charge is 0.443 e. The predicted octanol–water partition coefficient (Wildman–Crippen LogP) is 6.19. The number of allylic oxidation sites excluding steroid dienone is 1. The lowest BCUT2D eigenvalue weighted by Gasteiger charge is -2.11. The number of nitrogens with zero attached hydrogens (tertiary/aromatic N) is 2. The van der Waals surface area contributed by atoms with Gasteiger partial charge in [-0.05, 0) is 65.7 Å². The summed E-state index contributed by atoms with van der Waals surface area (Å²) in [6.07, 6.45) is -1.63. The van der Waals surface area contributed by atoms with Gasteiger partial charge in [0.2, 0.25) is 0 Å². The average Bonchev–Trinajstić information content (AvgIpc) is 3.35. The number of halogens is 3. The molecule has 0 radical (unpaired) electrons. The Morgan fingerprint density at radius 3 is 2.39 bits per heavy atom. The summed E-state index contributed by atoms with van der Waals surface area (Å²) < 4.78 is 77.2. The molecular formula is C30H27F3N4O6S. The van der Waals surface area contributed by atoms with Gasteiger partial charge in [0, 0.05) is 37.6 Å². The number of hydrogen-bond acceptors (Lipinski definition) is 9. The number of oxazole rings is 1. The van der Waals surface area contributed by atoms with Gasteiger partial charge in [0.15, 0.2) is 21.5 Å². The maximum absolute atomic E-state index is 12.7. The van der Waals surface area contributed by atoms with E-state index in [0.717, 1.165) is 6.26 Å². The van der Waals surface area contributed by atoms with Crippen molar-refractivity contribution in [1.29, 1.82) is 0 Å². The van der Waals surface area contributed by atoms with Gasteiger partial charge < -0.3 is 24.9 Å². The number of likely N-dealkylation sites (N-methyl/N-ethyl adjacent to an activating group) is 1. The van der Waals surface area contributed by atoms with Crippen LogP contribution in [0.15, 0.2) is 92.8 Å². The number of aromatic nitrogens is 1. The van der Waals surface area contributed by atoms with Gasteiger partial charge >= 0.3 is 12.5 Å². The van der Waals surface area contributed by atoms with E-state index in [1.54, 1.807) is 56.4 Å². The molecule has 0 atom stereocenters. The standard InChI is InChI=1S/C30H27F3N4O6S/c1-18-37-27(19-7-10-23(11-8-19)43-30(31,32)33)28(42-18)25-16-21(20-5-4-6-24(15-20)44(3,39)40)9-12-26(25)36-14-13-22(35-2)17-41-29(34)38/h4-16,35H,17H2,1-3H3,(H2,34,38). The van der Waals surface area contributed by atoms with Crippen LogP contribution in [0.4, 0.5) is 23.7 Å². The van der Waals surface area contributed by atoms with Gasteiger partial charge in [0.1, 0.15) is 18.1 Å². The Labute approximate surface area is 251 Å². The third-order valence-electron chi connectivity index (χ3n) is 6.11. The number of carbonyl (C=O) groups excluding carboxylic acids is 1. The summed E-state index contributed by atoms with van der Waals surface area (Å²) in [5.41, 5.74) is 8.45. The molecule has 230 valence electrons. The molecule has 1 aromatic heterocycles. The van der Waals surface area contributed by atoms with Crippen LogP contribution in [0, 0.1) is 6.92 Å². The van der Waals surface area contributed by atoms with Crippen molar-refractivity contribution in [1.82, 2.24) is 10.3 Å². The van der Waals surface area contributed by atoms with Crippen molar-refractivity contribution in [2.24, 2.45) is 10.7 Å². The Bertz CT molecular complexity index is 1830. The second-order valence-electron chi connectivity index (χ2n) is 9.34. The van der Waals surface area contributed by atoms with Crippen molar-refractivity contribution >= 4 is 27.8 Å². The SMILES string of the molecule is CNC(=CC=Nc1ccc(-c2cccc(S(C)(=O)=O)c2)cc1-c1oc(C)nc1-c1ccc(OC(F)(F)F)cc1)COC(N)=O. The van der Waals surface area contributed by atoms with Crippen LogP contribution in [0.2, 0.25) is 0 Å². The van der Waals surface area contributed by atoms with Gasteiger partial charge in [-0.1, -0.05) is 18.2 Å². The van der Waals surface area contributed by atoms with Crippen molar-refractivity contribution in [3.63, 3.8) is 0 Å². The first-order valence-corrected chi connectivity index (χ1v) is 14.7. The summed E-state index contributed by atoms with van der Waals surface area (Å²) in [6, 6.07) is 16.8. The Morgan fingerprint density at radius 2 is 1.75 bits per heavy atom. The van der Waals surface area contributed by atoms with E-state index in [-0.39, 0.29) is 23.2 Å². The highest BCUT2D eigenvalue weighted by Gasteiger charge is 2.31. The first kappa shape index (κ1) is 31.8. The van der Waals surface area contributed by atoms with E-state index in [9.17, 15) is 26.4 Å². The number of sulfone groups is 1. The number of amides is 1. The number of primary amides is 1. The predicted molar refractivity (Wildman–Crippen MR) is 158 cm³/mol. The van der Waals surface area contributed by atoms with E-state index in [1.807, 2.05) is 0 Å². The lowest BCUT2D eigenvalue weighted by atomic mass is 9.98. The van der Waals surface area contributed by atoms with Crippen LogP contribution in [0.3, 0.4) is 0 Å². The third kappa shape index (κ3) is 8.25. The molecule has 3 aromatic carbocycles. The molecule has 0 saturated heterocycles. The molecule has 0 unspecified atom stereocenters. The van der Waals surface area contributed by atoms with Gasteiger partial charge in [-0.15, -0.1) is 13.2 Å². The summed E-state index contributed by atoms with van der Waals surface area (Å²) in [5, 5.41) is 2.87. The number of benzene rings is 3. The zero-order chi connectivity index (χ0) is 32.1. The fraction of sp³-hybridized carbons (Fsp3) is 0.167. The Balaban J connectivity index is 1.84.